The Bertz CT molecular complexity index is 302. The summed E-state index contributed by atoms with van der Waals surface area (Å²) in [6.45, 7) is 5.59. The Labute approximate surface area is 88.4 Å². The maximum absolute atomic E-state index is 9.81. The van der Waals surface area contributed by atoms with Gasteiger partial charge in [0.1, 0.15) is 0 Å². The van der Waals surface area contributed by atoms with Gasteiger partial charge in [0.25, 0.3) is 0 Å². The highest BCUT2D eigenvalue weighted by Crippen LogP contribution is 2.28. The fourth-order valence-electron chi connectivity index (χ4n) is 1.38. The molecule has 0 unspecified atom stereocenters. The molecule has 0 heterocycles. The van der Waals surface area contributed by atoms with Crippen LogP contribution in [0, 0.1) is 6.92 Å². The van der Waals surface area contributed by atoms with Crippen molar-refractivity contribution in [3.8, 4) is 0 Å². The molecule has 1 rings (SSSR count). The van der Waals surface area contributed by atoms with Crippen LogP contribution in [0.2, 0.25) is 0 Å². The van der Waals surface area contributed by atoms with E-state index in [1.807, 2.05) is 25.1 Å². The fourth-order valence-corrected chi connectivity index (χ4v) is 2.08. The second kappa shape index (κ2) is 3.95. The number of hydrogen-bond acceptors (Lipinski definition) is 3. The first-order valence-corrected chi connectivity index (χ1v) is 5.97. The highest BCUT2D eigenvalue weighted by molar-refractivity contribution is 8.68. The second-order valence-corrected chi connectivity index (χ2v) is 4.83. The van der Waals surface area contributed by atoms with E-state index in [2.05, 4.69) is 11.7 Å². The van der Waals surface area contributed by atoms with Crippen molar-refractivity contribution in [3.05, 3.63) is 29.3 Å². The second-order valence-electron chi connectivity index (χ2n) is 3.63. The van der Waals surface area contributed by atoms with Gasteiger partial charge in [-0.3, -0.25) is 0 Å². The monoisotopic (exact) mass is 214 g/mol. The Morgan fingerprint density at radius 3 is 2.38 bits per heavy atom. The molecule has 1 nitrogen and oxygen atoms in total. The molecule has 13 heavy (non-hydrogen) atoms. The summed E-state index contributed by atoms with van der Waals surface area (Å²) in [6.07, 6.45) is 0. The van der Waals surface area contributed by atoms with Crippen molar-refractivity contribution in [1.82, 2.24) is 0 Å². The molecule has 0 aromatic heterocycles. The van der Waals surface area contributed by atoms with E-state index in [1.165, 1.54) is 10.8 Å². The lowest BCUT2D eigenvalue weighted by atomic mass is 9.94. The number of benzene rings is 1. The summed E-state index contributed by atoms with van der Waals surface area (Å²) >= 11 is 4.12. The Morgan fingerprint density at radius 1 is 1.38 bits per heavy atom. The summed E-state index contributed by atoms with van der Waals surface area (Å²) in [7, 11) is 1.42. The van der Waals surface area contributed by atoms with Crippen LogP contribution in [0.4, 0.5) is 0 Å². The first-order valence-electron chi connectivity index (χ1n) is 4.10. The normalized spacial score (nSPS) is 11.8. The van der Waals surface area contributed by atoms with Crippen LogP contribution in [-0.2, 0) is 5.60 Å². The van der Waals surface area contributed by atoms with Crippen LogP contribution in [0.25, 0.3) is 0 Å². The molecule has 0 bridgehead atoms. The van der Waals surface area contributed by atoms with E-state index in [-0.39, 0.29) is 0 Å². The van der Waals surface area contributed by atoms with Gasteiger partial charge in [-0.1, -0.05) is 16.9 Å². The lowest BCUT2D eigenvalue weighted by molar-refractivity contribution is 0.0779. The number of thiol groups is 1. The summed E-state index contributed by atoms with van der Waals surface area (Å²) < 4.78 is 0. The Morgan fingerprint density at radius 2 is 2.00 bits per heavy atom. The smallest absolute Gasteiger partial charge is 0.0843 e. The predicted molar refractivity (Wildman–Crippen MR) is 61.3 cm³/mol. The van der Waals surface area contributed by atoms with Gasteiger partial charge in [0.2, 0.25) is 0 Å². The molecule has 0 fully saturated rings. The SMILES string of the molecule is Cc1cc(SS)ccc1C(C)(C)O. The lowest BCUT2D eigenvalue weighted by Crippen LogP contribution is -2.16. The lowest BCUT2D eigenvalue weighted by Gasteiger charge is -2.20. The van der Waals surface area contributed by atoms with E-state index in [4.69, 9.17) is 0 Å². The van der Waals surface area contributed by atoms with Crippen molar-refractivity contribution in [3.63, 3.8) is 0 Å². The van der Waals surface area contributed by atoms with E-state index in [0.29, 0.717) is 0 Å². The van der Waals surface area contributed by atoms with Crippen molar-refractivity contribution in [2.24, 2.45) is 0 Å². The number of aliphatic hydroxyl groups is 1. The molecule has 1 aromatic carbocycles. The number of hydrogen-bond donors (Lipinski definition) is 2. The third-order valence-corrected chi connectivity index (χ3v) is 3.06. The van der Waals surface area contributed by atoms with Crippen LogP contribution in [0.3, 0.4) is 0 Å². The molecular weight excluding hydrogens is 200 g/mol. The summed E-state index contributed by atoms with van der Waals surface area (Å²) in [5.74, 6) is 0. The molecule has 0 amide bonds. The van der Waals surface area contributed by atoms with Crippen LogP contribution >= 0.6 is 22.5 Å². The van der Waals surface area contributed by atoms with E-state index >= 15 is 0 Å². The number of rotatable bonds is 2. The minimum absolute atomic E-state index is 0.760. The minimum atomic E-state index is -0.760. The van der Waals surface area contributed by atoms with E-state index in [0.717, 1.165) is 16.0 Å². The van der Waals surface area contributed by atoms with Gasteiger partial charge in [0.15, 0.2) is 0 Å². The van der Waals surface area contributed by atoms with Gasteiger partial charge in [-0.25, -0.2) is 0 Å². The fraction of sp³-hybridized carbons (Fsp3) is 0.400. The molecule has 1 N–H and O–H groups in total. The molecule has 0 atom stereocenters. The van der Waals surface area contributed by atoms with Gasteiger partial charge in [-0.15, -0.1) is 11.7 Å². The zero-order valence-electron chi connectivity index (χ0n) is 8.03. The maximum Gasteiger partial charge on any atom is 0.0843 e. The van der Waals surface area contributed by atoms with Crippen molar-refractivity contribution in [2.75, 3.05) is 0 Å². The quantitative estimate of drug-likeness (QED) is 0.582. The van der Waals surface area contributed by atoms with Gasteiger partial charge in [0, 0.05) is 4.90 Å². The van der Waals surface area contributed by atoms with Crippen LogP contribution < -0.4 is 0 Å². The summed E-state index contributed by atoms with van der Waals surface area (Å²) in [5, 5.41) is 9.81. The van der Waals surface area contributed by atoms with Gasteiger partial charge in [0.05, 0.1) is 5.60 Å². The molecule has 0 saturated carbocycles. The number of aryl methyl sites for hydroxylation is 1. The summed E-state index contributed by atoms with van der Waals surface area (Å²) in [4.78, 5) is 1.11. The first-order chi connectivity index (χ1) is 5.95. The average molecular weight is 214 g/mol. The average Bonchev–Trinajstić information content (AvgIpc) is 2.01. The van der Waals surface area contributed by atoms with Gasteiger partial charge < -0.3 is 5.11 Å². The molecule has 0 aliphatic carbocycles. The molecule has 0 radical (unpaired) electrons. The van der Waals surface area contributed by atoms with Crippen molar-refractivity contribution in [2.45, 2.75) is 31.3 Å². The molecular formula is C10H14OS2. The zero-order valence-corrected chi connectivity index (χ0v) is 9.75. The Hall–Kier alpha value is -0.120. The minimum Gasteiger partial charge on any atom is -0.386 e. The van der Waals surface area contributed by atoms with Gasteiger partial charge in [-0.2, -0.15) is 0 Å². The van der Waals surface area contributed by atoms with E-state index < -0.39 is 5.60 Å². The molecule has 0 aliphatic heterocycles. The summed E-state index contributed by atoms with van der Waals surface area (Å²) in [6, 6.07) is 5.96. The highest BCUT2D eigenvalue weighted by atomic mass is 33.1. The van der Waals surface area contributed by atoms with Crippen LogP contribution in [0.1, 0.15) is 25.0 Å². The maximum atomic E-state index is 9.81. The van der Waals surface area contributed by atoms with E-state index in [1.54, 1.807) is 13.8 Å². The first kappa shape index (κ1) is 11.0. The van der Waals surface area contributed by atoms with Crippen molar-refractivity contribution < 1.29 is 5.11 Å². The van der Waals surface area contributed by atoms with Crippen LogP contribution in [0.15, 0.2) is 23.1 Å². The highest BCUT2D eigenvalue weighted by Gasteiger charge is 2.17. The largest absolute Gasteiger partial charge is 0.386 e. The Kier molecular flexibility index (Phi) is 3.33. The predicted octanol–water partition coefficient (Wildman–Crippen LogP) is 3.16. The molecule has 3 heteroatoms. The topological polar surface area (TPSA) is 20.2 Å². The molecule has 0 spiro atoms. The Balaban J connectivity index is 3.13. The third kappa shape index (κ3) is 2.66. The standard InChI is InChI=1S/C10H14OS2/c1-7-6-8(13-12)4-5-9(7)10(2,3)11/h4-6,11-12H,1-3H3. The molecule has 0 saturated heterocycles. The van der Waals surface area contributed by atoms with Crippen molar-refractivity contribution >= 4 is 22.5 Å². The molecule has 0 aliphatic rings. The van der Waals surface area contributed by atoms with Gasteiger partial charge in [-0.05, 0) is 44.0 Å². The summed E-state index contributed by atoms with van der Waals surface area (Å²) in [5.41, 5.74) is 1.31. The van der Waals surface area contributed by atoms with Crippen molar-refractivity contribution in [1.29, 1.82) is 0 Å². The van der Waals surface area contributed by atoms with Crippen LogP contribution in [-0.4, -0.2) is 5.11 Å². The third-order valence-electron chi connectivity index (χ3n) is 1.96. The van der Waals surface area contributed by atoms with Gasteiger partial charge >= 0.3 is 0 Å². The molecule has 72 valence electrons. The van der Waals surface area contributed by atoms with E-state index in [9.17, 15) is 5.11 Å². The zero-order chi connectivity index (χ0) is 10.1. The molecule has 1 aromatic rings. The van der Waals surface area contributed by atoms with Crippen LogP contribution in [0.5, 0.6) is 0 Å².